The number of halogens is 3. The second-order valence-corrected chi connectivity index (χ2v) is 7.74. The van der Waals surface area contributed by atoms with Crippen LogP contribution in [0.1, 0.15) is 50.4 Å². The van der Waals surface area contributed by atoms with Crippen molar-refractivity contribution >= 4 is 23.2 Å². The van der Waals surface area contributed by atoms with Crippen LogP contribution in [0.4, 0.5) is 13.2 Å². The molecule has 2 rings (SSSR count). The van der Waals surface area contributed by atoms with Crippen LogP contribution in [0.3, 0.4) is 0 Å². The number of amides is 2. The smallest absolute Gasteiger partial charge is 0.351 e. The molecule has 1 heterocycles. The minimum absolute atomic E-state index is 0.0307. The predicted octanol–water partition coefficient (Wildman–Crippen LogP) is 3.89. The van der Waals surface area contributed by atoms with Gasteiger partial charge in [-0.2, -0.15) is 13.2 Å². The second kappa shape index (κ2) is 8.21. The number of alkyl halides is 3. The van der Waals surface area contributed by atoms with Crippen molar-refractivity contribution < 1.29 is 22.8 Å². The Morgan fingerprint density at radius 2 is 1.96 bits per heavy atom. The summed E-state index contributed by atoms with van der Waals surface area (Å²) in [6.45, 7) is 3.30. The molecule has 4 nitrogen and oxygen atoms in total. The SMILES string of the molecule is CC(C)CN(C(=O)C(F)(F)F)C(C(=O)NC1CCCC1)c1cccs1. The average molecular weight is 376 g/mol. The van der Waals surface area contributed by atoms with E-state index in [9.17, 15) is 22.8 Å². The number of carbonyl (C=O) groups excluding carboxylic acids is 2. The Morgan fingerprint density at radius 3 is 2.44 bits per heavy atom. The highest BCUT2D eigenvalue weighted by Gasteiger charge is 2.47. The number of hydrogen-bond donors (Lipinski definition) is 1. The summed E-state index contributed by atoms with van der Waals surface area (Å²) in [6.07, 6.45) is -1.39. The van der Waals surface area contributed by atoms with Gasteiger partial charge in [0.2, 0.25) is 5.91 Å². The highest BCUT2D eigenvalue weighted by Crippen LogP contribution is 2.31. The van der Waals surface area contributed by atoms with Gasteiger partial charge in [-0.15, -0.1) is 11.3 Å². The Balaban J connectivity index is 2.32. The first-order valence-corrected chi connectivity index (χ1v) is 9.29. The lowest BCUT2D eigenvalue weighted by Crippen LogP contribution is -2.50. The fourth-order valence-electron chi connectivity index (χ4n) is 3.08. The van der Waals surface area contributed by atoms with E-state index in [4.69, 9.17) is 0 Å². The molecule has 1 unspecified atom stereocenters. The Morgan fingerprint density at radius 1 is 1.32 bits per heavy atom. The first-order chi connectivity index (χ1) is 11.7. The number of nitrogens with one attached hydrogen (secondary N) is 1. The molecule has 25 heavy (non-hydrogen) atoms. The highest BCUT2D eigenvalue weighted by atomic mass is 32.1. The van der Waals surface area contributed by atoms with E-state index in [1.165, 1.54) is 11.3 Å². The lowest BCUT2D eigenvalue weighted by atomic mass is 10.1. The van der Waals surface area contributed by atoms with Gasteiger partial charge in [-0.3, -0.25) is 9.59 Å². The van der Waals surface area contributed by atoms with Gasteiger partial charge in [0.25, 0.3) is 0 Å². The molecule has 0 spiro atoms. The van der Waals surface area contributed by atoms with Gasteiger partial charge in [0.05, 0.1) is 0 Å². The van der Waals surface area contributed by atoms with E-state index in [-0.39, 0.29) is 18.5 Å². The van der Waals surface area contributed by atoms with Gasteiger partial charge < -0.3 is 10.2 Å². The largest absolute Gasteiger partial charge is 0.471 e. The number of rotatable bonds is 6. The van der Waals surface area contributed by atoms with Crippen molar-refractivity contribution in [3.8, 4) is 0 Å². The van der Waals surface area contributed by atoms with Crippen LogP contribution in [0.25, 0.3) is 0 Å². The van der Waals surface area contributed by atoms with Crippen LogP contribution in [0, 0.1) is 5.92 Å². The van der Waals surface area contributed by atoms with Crippen molar-refractivity contribution in [2.24, 2.45) is 5.92 Å². The Bertz CT molecular complexity index is 581. The summed E-state index contributed by atoms with van der Waals surface area (Å²) >= 11 is 1.18. The van der Waals surface area contributed by atoms with Crippen LogP contribution in [0.15, 0.2) is 17.5 Å². The van der Waals surface area contributed by atoms with Crippen molar-refractivity contribution in [1.82, 2.24) is 10.2 Å². The topological polar surface area (TPSA) is 49.4 Å². The summed E-state index contributed by atoms with van der Waals surface area (Å²) in [5.74, 6) is -2.71. The van der Waals surface area contributed by atoms with E-state index in [0.717, 1.165) is 25.7 Å². The maximum atomic E-state index is 13.1. The van der Waals surface area contributed by atoms with Crippen LogP contribution in [0.2, 0.25) is 0 Å². The van der Waals surface area contributed by atoms with E-state index in [2.05, 4.69) is 5.32 Å². The quantitative estimate of drug-likeness (QED) is 0.819. The fourth-order valence-corrected chi connectivity index (χ4v) is 3.92. The summed E-state index contributed by atoms with van der Waals surface area (Å²) in [5.41, 5.74) is 0. The third-order valence-corrected chi connectivity index (χ3v) is 5.06. The van der Waals surface area contributed by atoms with E-state index >= 15 is 0 Å². The molecule has 1 aliphatic carbocycles. The van der Waals surface area contributed by atoms with Gasteiger partial charge >= 0.3 is 12.1 Å². The summed E-state index contributed by atoms with van der Waals surface area (Å²) in [4.78, 5) is 25.9. The zero-order valence-corrected chi connectivity index (χ0v) is 15.1. The molecule has 1 atom stereocenters. The van der Waals surface area contributed by atoms with Crippen LogP contribution in [-0.4, -0.2) is 35.5 Å². The molecule has 1 N–H and O–H groups in total. The van der Waals surface area contributed by atoms with Crippen molar-refractivity contribution in [2.45, 2.75) is 57.8 Å². The average Bonchev–Trinajstić information content (AvgIpc) is 3.18. The molecule has 1 aromatic rings. The minimum Gasteiger partial charge on any atom is -0.351 e. The molecule has 140 valence electrons. The number of carbonyl (C=O) groups is 2. The van der Waals surface area contributed by atoms with Gasteiger partial charge in [0.1, 0.15) is 6.04 Å². The minimum atomic E-state index is -5.02. The first-order valence-electron chi connectivity index (χ1n) is 8.41. The van der Waals surface area contributed by atoms with E-state index in [1.54, 1.807) is 31.4 Å². The molecule has 1 aliphatic rings. The monoisotopic (exact) mass is 376 g/mol. The number of hydrogen-bond acceptors (Lipinski definition) is 3. The molecular formula is C17H23F3N2O2S. The predicted molar refractivity (Wildman–Crippen MR) is 90.1 cm³/mol. The van der Waals surface area contributed by atoms with E-state index < -0.39 is 24.0 Å². The molecule has 8 heteroatoms. The second-order valence-electron chi connectivity index (χ2n) is 6.76. The number of nitrogens with zero attached hydrogens (tertiary/aromatic N) is 1. The first kappa shape index (κ1) is 19.8. The van der Waals surface area contributed by atoms with Crippen molar-refractivity contribution in [3.05, 3.63) is 22.4 Å². The van der Waals surface area contributed by atoms with Crippen LogP contribution in [0.5, 0.6) is 0 Å². The summed E-state index contributed by atoms with van der Waals surface area (Å²) in [5, 5.41) is 4.53. The Kier molecular flexibility index (Phi) is 6.48. The third kappa shape index (κ3) is 5.20. The summed E-state index contributed by atoms with van der Waals surface area (Å²) in [7, 11) is 0. The maximum Gasteiger partial charge on any atom is 0.471 e. The van der Waals surface area contributed by atoms with E-state index in [0.29, 0.717) is 9.78 Å². The standard InChI is InChI=1S/C17H23F3N2O2S/c1-11(2)10-22(16(24)17(18,19)20)14(13-8-5-9-25-13)15(23)21-12-6-3-4-7-12/h5,8-9,11-12,14H,3-4,6-7,10H2,1-2H3,(H,21,23). The summed E-state index contributed by atoms with van der Waals surface area (Å²) < 4.78 is 39.3. The molecule has 2 amide bonds. The number of thiophene rings is 1. The van der Waals surface area contributed by atoms with Gasteiger partial charge in [0, 0.05) is 17.5 Å². The van der Waals surface area contributed by atoms with Gasteiger partial charge in [-0.25, -0.2) is 0 Å². The van der Waals surface area contributed by atoms with Gasteiger partial charge in [-0.05, 0) is 30.2 Å². The third-order valence-electron chi connectivity index (χ3n) is 4.14. The zero-order chi connectivity index (χ0) is 18.6. The van der Waals surface area contributed by atoms with Crippen molar-refractivity contribution in [3.63, 3.8) is 0 Å². The van der Waals surface area contributed by atoms with Gasteiger partial charge in [-0.1, -0.05) is 32.8 Å². The molecule has 0 aliphatic heterocycles. The van der Waals surface area contributed by atoms with Crippen LogP contribution in [-0.2, 0) is 9.59 Å². The van der Waals surface area contributed by atoms with E-state index in [1.807, 2.05) is 0 Å². The Labute approximate surface area is 149 Å². The lowest BCUT2D eigenvalue weighted by molar-refractivity contribution is -0.189. The highest BCUT2D eigenvalue weighted by molar-refractivity contribution is 7.10. The molecular weight excluding hydrogens is 353 g/mol. The Hall–Kier alpha value is -1.57. The lowest BCUT2D eigenvalue weighted by Gasteiger charge is -2.33. The van der Waals surface area contributed by atoms with Gasteiger partial charge in [0.15, 0.2) is 0 Å². The molecule has 1 aromatic heterocycles. The van der Waals surface area contributed by atoms with Crippen LogP contribution >= 0.6 is 11.3 Å². The van der Waals surface area contributed by atoms with Crippen molar-refractivity contribution in [2.75, 3.05) is 6.54 Å². The van der Waals surface area contributed by atoms with Crippen molar-refractivity contribution in [1.29, 1.82) is 0 Å². The molecule has 0 bridgehead atoms. The summed E-state index contributed by atoms with van der Waals surface area (Å²) in [6, 6.07) is 1.98. The fraction of sp³-hybridized carbons (Fsp3) is 0.647. The van der Waals surface area contributed by atoms with Crippen LogP contribution < -0.4 is 5.32 Å². The molecule has 0 radical (unpaired) electrons. The molecule has 1 fully saturated rings. The molecule has 1 saturated carbocycles. The normalized spacial score (nSPS) is 16.9. The zero-order valence-electron chi connectivity index (χ0n) is 14.3. The maximum absolute atomic E-state index is 13.1. The molecule has 0 aromatic carbocycles. The molecule has 0 saturated heterocycles.